The van der Waals surface area contributed by atoms with Gasteiger partial charge in [0, 0.05) is 43.6 Å². The van der Waals surface area contributed by atoms with Crippen LogP contribution in [0.5, 0.6) is 5.75 Å². The molecule has 0 saturated carbocycles. The van der Waals surface area contributed by atoms with Gasteiger partial charge in [0.1, 0.15) is 28.7 Å². The largest absolute Gasteiger partial charge is 0.493 e. The molecule has 0 spiro atoms. The average Bonchev–Trinajstić information content (AvgIpc) is 3.36. The van der Waals surface area contributed by atoms with Crippen LogP contribution in [0.15, 0.2) is 41.3 Å². The molecule has 0 unspecified atom stereocenters. The molecule has 0 radical (unpaired) electrons. The van der Waals surface area contributed by atoms with Gasteiger partial charge in [0.25, 0.3) is 11.5 Å². The zero-order valence-electron chi connectivity index (χ0n) is 28.6. The van der Waals surface area contributed by atoms with Crippen LogP contribution >= 0.6 is 0 Å². The number of nitrogens with zero attached hydrogens (tertiary/aromatic N) is 5. The van der Waals surface area contributed by atoms with Crippen molar-refractivity contribution >= 4 is 23.3 Å². The molecule has 1 aliphatic rings. The number of ether oxygens (including phenoxy) is 2. The van der Waals surface area contributed by atoms with Crippen LogP contribution in [0.3, 0.4) is 0 Å². The van der Waals surface area contributed by atoms with E-state index >= 15 is 0 Å². The lowest BCUT2D eigenvalue weighted by molar-refractivity contribution is 0.0240. The van der Waals surface area contributed by atoms with Gasteiger partial charge in [0.2, 0.25) is 0 Å². The molecule has 2 amide bonds. The Balaban J connectivity index is 1.41. The highest BCUT2D eigenvalue weighted by Crippen LogP contribution is 2.30. The van der Waals surface area contributed by atoms with Crippen LogP contribution < -0.4 is 20.5 Å². The SMILES string of the molecule is CCOc1cc(C)[nH]c(=O)c1CNC(=O)c1cc(-c2ccc(N3CCN(C(=O)OC(C)(C)C)CC3)nc2)cc2c(C(C)C)nc(C)n12. The number of rotatable bonds is 8. The normalized spacial score (nSPS) is 13.7. The monoisotopic (exact) mass is 643 g/mol. The molecule has 0 bridgehead atoms. The summed E-state index contributed by atoms with van der Waals surface area (Å²) < 4.78 is 13.1. The Morgan fingerprint density at radius 1 is 1.04 bits per heavy atom. The minimum atomic E-state index is -0.534. The van der Waals surface area contributed by atoms with E-state index < -0.39 is 5.60 Å². The van der Waals surface area contributed by atoms with E-state index in [9.17, 15) is 14.4 Å². The molecular formula is C35H45N7O5. The number of aromatic amines is 1. The van der Waals surface area contributed by atoms with Crippen molar-refractivity contribution in [1.29, 1.82) is 0 Å². The van der Waals surface area contributed by atoms with Crippen molar-refractivity contribution in [2.75, 3.05) is 37.7 Å². The van der Waals surface area contributed by atoms with Crippen LogP contribution in [-0.4, -0.2) is 74.6 Å². The van der Waals surface area contributed by atoms with Crippen molar-refractivity contribution in [3.05, 3.63) is 75.4 Å². The van der Waals surface area contributed by atoms with E-state index in [-0.39, 0.29) is 30.0 Å². The molecule has 0 aromatic carbocycles. The number of hydrogen-bond donors (Lipinski definition) is 2. The second kappa shape index (κ2) is 13.5. The Morgan fingerprint density at radius 3 is 2.38 bits per heavy atom. The lowest BCUT2D eigenvalue weighted by Crippen LogP contribution is -2.50. The zero-order valence-corrected chi connectivity index (χ0v) is 28.6. The van der Waals surface area contributed by atoms with Crippen LogP contribution in [0.1, 0.15) is 80.7 Å². The van der Waals surface area contributed by atoms with Gasteiger partial charge in [0.05, 0.1) is 29.9 Å². The van der Waals surface area contributed by atoms with E-state index in [1.165, 1.54) is 0 Å². The third kappa shape index (κ3) is 7.42. The minimum Gasteiger partial charge on any atom is -0.493 e. The van der Waals surface area contributed by atoms with Crippen LogP contribution in [0.4, 0.5) is 10.6 Å². The van der Waals surface area contributed by atoms with E-state index in [1.54, 1.807) is 17.9 Å². The lowest BCUT2D eigenvalue weighted by atomic mass is 10.0. The molecular weight excluding hydrogens is 598 g/mol. The van der Waals surface area contributed by atoms with Crippen LogP contribution in [-0.2, 0) is 11.3 Å². The van der Waals surface area contributed by atoms with Crippen molar-refractivity contribution in [1.82, 2.24) is 29.6 Å². The van der Waals surface area contributed by atoms with Crippen molar-refractivity contribution in [2.24, 2.45) is 0 Å². The molecule has 12 nitrogen and oxygen atoms in total. The van der Waals surface area contributed by atoms with Crippen molar-refractivity contribution in [3.8, 4) is 16.9 Å². The molecule has 1 aliphatic heterocycles. The highest BCUT2D eigenvalue weighted by atomic mass is 16.6. The third-order valence-electron chi connectivity index (χ3n) is 8.01. The molecule has 4 aromatic rings. The fourth-order valence-electron chi connectivity index (χ4n) is 5.76. The van der Waals surface area contributed by atoms with Crippen LogP contribution in [0, 0.1) is 13.8 Å². The van der Waals surface area contributed by atoms with Gasteiger partial charge in [-0.25, -0.2) is 14.8 Å². The minimum absolute atomic E-state index is 0.00226. The molecule has 47 heavy (non-hydrogen) atoms. The van der Waals surface area contributed by atoms with Crippen molar-refractivity contribution in [2.45, 2.75) is 73.5 Å². The number of pyridine rings is 3. The summed E-state index contributed by atoms with van der Waals surface area (Å²) in [5.74, 6) is 1.74. The Kier molecular flexibility index (Phi) is 9.60. The second-order valence-corrected chi connectivity index (χ2v) is 13.1. The maximum atomic E-state index is 13.8. The first kappa shape index (κ1) is 33.5. The predicted octanol–water partition coefficient (Wildman–Crippen LogP) is 5.21. The molecule has 0 atom stereocenters. The van der Waals surface area contributed by atoms with Gasteiger partial charge in [-0.2, -0.15) is 0 Å². The standard InChI is InChI=1S/C35H45N7O5/c1-9-46-29-16-22(4)38-32(43)26(29)20-37-33(44)28-18-25(17-27-31(21(2)3)39-23(5)42(27)28)24-10-11-30(36-19-24)40-12-14-41(15-13-40)34(45)47-35(6,7)8/h10-11,16-19,21H,9,12-15,20H2,1-8H3,(H,37,44)(H,38,43). The van der Waals surface area contributed by atoms with Crippen LogP contribution in [0.2, 0.25) is 0 Å². The van der Waals surface area contributed by atoms with Gasteiger partial charge >= 0.3 is 6.09 Å². The van der Waals surface area contributed by atoms with Gasteiger partial charge < -0.3 is 29.6 Å². The molecule has 2 N–H and O–H groups in total. The van der Waals surface area contributed by atoms with E-state index in [0.717, 1.165) is 28.2 Å². The molecule has 12 heteroatoms. The maximum absolute atomic E-state index is 13.8. The molecule has 1 saturated heterocycles. The molecule has 5 heterocycles. The number of amides is 2. The quantitative estimate of drug-likeness (QED) is 0.267. The van der Waals surface area contributed by atoms with Gasteiger partial charge in [-0.3, -0.25) is 14.0 Å². The topological polar surface area (TPSA) is 134 Å². The summed E-state index contributed by atoms with van der Waals surface area (Å²) >= 11 is 0. The number of carbonyl (C=O) groups is 2. The van der Waals surface area contributed by atoms with Gasteiger partial charge in [0.15, 0.2) is 0 Å². The highest BCUT2D eigenvalue weighted by Gasteiger charge is 2.27. The maximum Gasteiger partial charge on any atom is 0.410 e. The summed E-state index contributed by atoms with van der Waals surface area (Å²) in [5, 5.41) is 2.94. The summed E-state index contributed by atoms with van der Waals surface area (Å²) in [4.78, 5) is 55.3. The number of fused-ring (bicyclic) bond motifs is 1. The van der Waals surface area contributed by atoms with Gasteiger partial charge in [-0.1, -0.05) is 13.8 Å². The Morgan fingerprint density at radius 2 is 1.77 bits per heavy atom. The summed E-state index contributed by atoms with van der Waals surface area (Å²) in [7, 11) is 0. The number of piperazine rings is 1. The molecule has 5 rings (SSSR count). The molecule has 250 valence electrons. The number of aryl methyl sites for hydroxylation is 2. The van der Waals surface area contributed by atoms with Crippen molar-refractivity contribution < 1.29 is 19.1 Å². The Bertz CT molecular complexity index is 1830. The fourth-order valence-corrected chi connectivity index (χ4v) is 5.76. The molecule has 1 fully saturated rings. The Hall–Kier alpha value is -4.87. The first-order valence-corrected chi connectivity index (χ1v) is 16.1. The second-order valence-electron chi connectivity index (χ2n) is 13.1. The molecule has 4 aromatic heterocycles. The van der Waals surface area contributed by atoms with Crippen LogP contribution in [0.25, 0.3) is 16.6 Å². The number of H-pyrrole nitrogens is 1. The van der Waals surface area contributed by atoms with E-state index in [1.807, 2.05) is 69.5 Å². The average molecular weight is 644 g/mol. The fraction of sp³-hybridized carbons (Fsp3) is 0.457. The summed E-state index contributed by atoms with van der Waals surface area (Å²) in [6, 6.07) is 9.60. The summed E-state index contributed by atoms with van der Waals surface area (Å²) in [6.07, 6.45) is 1.51. The smallest absolute Gasteiger partial charge is 0.410 e. The predicted molar refractivity (Wildman–Crippen MR) is 181 cm³/mol. The number of hydrogen-bond acceptors (Lipinski definition) is 8. The summed E-state index contributed by atoms with van der Waals surface area (Å²) in [5.41, 5.74) is 4.00. The zero-order chi connectivity index (χ0) is 34.0. The lowest BCUT2D eigenvalue weighted by Gasteiger charge is -2.36. The van der Waals surface area contributed by atoms with Gasteiger partial charge in [-0.15, -0.1) is 0 Å². The van der Waals surface area contributed by atoms with E-state index in [4.69, 9.17) is 19.4 Å². The first-order chi connectivity index (χ1) is 22.3. The number of imidazole rings is 1. The van der Waals surface area contributed by atoms with Crippen molar-refractivity contribution in [3.63, 3.8) is 0 Å². The van der Waals surface area contributed by atoms with E-state index in [0.29, 0.717) is 61.3 Å². The number of carbonyl (C=O) groups excluding carboxylic acids is 2. The molecule has 0 aliphatic carbocycles. The Labute approximate surface area is 275 Å². The first-order valence-electron chi connectivity index (χ1n) is 16.1. The summed E-state index contributed by atoms with van der Waals surface area (Å²) in [6.45, 7) is 18.0. The number of nitrogens with one attached hydrogen (secondary N) is 2. The van der Waals surface area contributed by atoms with Gasteiger partial charge in [-0.05, 0) is 83.4 Å². The van der Waals surface area contributed by atoms with E-state index in [2.05, 4.69) is 29.0 Å². The highest BCUT2D eigenvalue weighted by molar-refractivity contribution is 5.95. The number of anilines is 1. The third-order valence-corrected chi connectivity index (χ3v) is 8.01. The number of aromatic nitrogens is 4.